The number of anilines is 5. The highest BCUT2D eigenvalue weighted by Crippen LogP contribution is 2.34. The molecule has 2 heterocycles. The van der Waals surface area contributed by atoms with Gasteiger partial charge in [0.15, 0.2) is 11.5 Å². The SMILES string of the molecule is CCc1nc(C(N)=O)c(Nc2ccc(N3CCN(C)CC3)c(N(C)C(C)=O)c2)nc1NC1CCC(O)CC1. The maximum absolute atomic E-state index is 12.3. The molecule has 2 amide bonds. The van der Waals surface area contributed by atoms with Crippen LogP contribution in [0.1, 0.15) is 55.7 Å². The predicted molar refractivity (Wildman–Crippen MR) is 150 cm³/mol. The second kappa shape index (κ2) is 12.0. The van der Waals surface area contributed by atoms with Crippen LogP contribution < -0.4 is 26.2 Å². The van der Waals surface area contributed by atoms with Crippen molar-refractivity contribution >= 4 is 40.5 Å². The number of nitrogens with two attached hydrogens (primary N) is 1. The van der Waals surface area contributed by atoms with Crippen LogP contribution in [0.25, 0.3) is 0 Å². The largest absolute Gasteiger partial charge is 0.393 e. The number of nitrogens with zero attached hydrogens (tertiary/aromatic N) is 5. The molecule has 2 fully saturated rings. The van der Waals surface area contributed by atoms with Crippen LogP contribution in [0.2, 0.25) is 0 Å². The molecule has 2 aromatic rings. The van der Waals surface area contributed by atoms with Gasteiger partial charge in [0.2, 0.25) is 5.91 Å². The first kappa shape index (κ1) is 27.6. The van der Waals surface area contributed by atoms with Crippen LogP contribution in [-0.4, -0.2) is 84.2 Å². The van der Waals surface area contributed by atoms with Crippen molar-refractivity contribution in [3.05, 3.63) is 29.6 Å². The highest BCUT2D eigenvalue weighted by molar-refractivity contribution is 5.98. The summed E-state index contributed by atoms with van der Waals surface area (Å²) in [5, 5.41) is 16.6. The van der Waals surface area contributed by atoms with Gasteiger partial charge in [-0.1, -0.05) is 6.92 Å². The van der Waals surface area contributed by atoms with E-state index in [2.05, 4.69) is 32.5 Å². The summed E-state index contributed by atoms with van der Waals surface area (Å²) in [5.74, 6) is 0.122. The topological polar surface area (TPSA) is 140 Å². The van der Waals surface area contributed by atoms with Crippen molar-refractivity contribution in [1.82, 2.24) is 14.9 Å². The maximum Gasteiger partial charge on any atom is 0.271 e. The molecular weight excluding hydrogens is 484 g/mol. The number of piperazine rings is 1. The maximum atomic E-state index is 12.3. The summed E-state index contributed by atoms with van der Waals surface area (Å²) in [5.41, 5.74) is 8.84. The summed E-state index contributed by atoms with van der Waals surface area (Å²) in [6.45, 7) is 7.12. The highest BCUT2D eigenvalue weighted by Gasteiger charge is 2.24. The summed E-state index contributed by atoms with van der Waals surface area (Å²) in [6.07, 6.45) is 3.47. The summed E-state index contributed by atoms with van der Waals surface area (Å²) in [4.78, 5) is 40.2. The van der Waals surface area contributed by atoms with Gasteiger partial charge in [0.25, 0.3) is 5.91 Å². The Morgan fingerprint density at radius 2 is 1.79 bits per heavy atom. The van der Waals surface area contributed by atoms with Crippen LogP contribution in [0, 0.1) is 0 Å². The Morgan fingerprint density at radius 1 is 1.11 bits per heavy atom. The summed E-state index contributed by atoms with van der Waals surface area (Å²) in [7, 11) is 3.86. The standard InChI is InChI=1S/C27H40N8O3/c1-5-21-26(29-18-6-9-20(37)10-7-18)32-27(24(31-21)25(28)38)30-19-8-11-22(23(16-19)34(4)17(2)36)35-14-12-33(3)13-15-35/h8,11,16,18,20,37H,5-7,9-10,12-15H2,1-4H3,(H2,28,38)(H2,29,30,32). The molecular formula is C27H40N8O3. The van der Waals surface area contributed by atoms with E-state index in [4.69, 9.17) is 10.7 Å². The minimum absolute atomic E-state index is 0.0658. The molecule has 4 rings (SSSR count). The number of hydrogen-bond acceptors (Lipinski definition) is 9. The van der Waals surface area contributed by atoms with E-state index >= 15 is 0 Å². The smallest absolute Gasteiger partial charge is 0.271 e. The summed E-state index contributed by atoms with van der Waals surface area (Å²) in [6, 6.07) is 5.97. The van der Waals surface area contributed by atoms with Gasteiger partial charge in [-0.15, -0.1) is 0 Å². The summed E-state index contributed by atoms with van der Waals surface area (Å²) >= 11 is 0. The van der Waals surface area contributed by atoms with E-state index in [0.29, 0.717) is 23.6 Å². The van der Waals surface area contributed by atoms with Gasteiger partial charge in [0.05, 0.1) is 23.2 Å². The number of carbonyl (C=O) groups excluding carboxylic acids is 2. The van der Waals surface area contributed by atoms with E-state index in [-0.39, 0.29) is 29.6 Å². The van der Waals surface area contributed by atoms with Gasteiger partial charge in [0.1, 0.15) is 5.82 Å². The third-order valence-electron chi connectivity index (χ3n) is 7.49. The van der Waals surface area contributed by atoms with Crippen molar-refractivity contribution in [2.75, 3.05) is 60.7 Å². The number of rotatable bonds is 8. The van der Waals surface area contributed by atoms with E-state index in [0.717, 1.165) is 63.2 Å². The van der Waals surface area contributed by atoms with Gasteiger partial charge in [-0.25, -0.2) is 9.97 Å². The van der Waals surface area contributed by atoms with Gasteiger partial charge >= 0.3 is 0 Å². The Morgan fingerprint density at radius 3 is 2.39 bits per heavy atom. The van der Waals surface area contributed by atoms with Crippen molar-refractivity contribution in [2.45, 2.75) is 58.1 Å². The zero-order chi connectivity index (χ0) is 27.4. The minimum atomic E-state index is -0.669. The second-order valence-corrected chi connectivity index (χ2v) is 10.3. The fourth-order valence-corrected chi connectivity index (χ4v) is 5.00. The molecule has 1 aliphatic heterocycles. The Hall–Kier alpha value is -3.44. The molecule has 11 heteroatoms. The molecule has 38 heavy (non-hydrogen) atoms. The molecule has 11 nitrogen and oxygen atoms in total. The molecule has 206 valence electrons. The number of likely N-dealkylation sites (N-methyl/N-ethyl adjacent to an activating group) is 1. The lowest BCUT2D eigenvalue weighted by Crippen LogP contribution is -2.45. The van der Waals surface area contributed by atoms with Crippen LogP contribution in [0.15, 0.2) is 18.2 Å². The Bertz CT molecular complexity index is 1160. The Labute approximate surface area is 224 Å². The van der Waals surface area contributed by atoms with Gasteiger partial charge in [-0.3, -0.25) is 9.59 Å². The predicted octanol–water partition coefficient (Wildman–Crippen LogP) is 2.33. The average Bonchev–Trinajstić information content (AvgIpc) is 2.90. The normalized spacial score (nSPS) is 20.2. The molecule has 1 aliphatic carbocycles. The number of carbonyl (C=O) groups is 2. The molecule has 0 unspecified atom stereocenters. The average molecular weight is 525 g/mol. The lowest BCUT2D eigenvalue weighted by atomic mass is 9.93. The molecule has 1 saturated heterocycles. The first-order valence-corrected chi connectivity index (χ1v) is 13.4. The van der Waals surface area contributed by atoms with E-state index < -0.39 is 5.91 Å². The first-order valence-electron chi connectivity index (χ1n) is 13.4. The number of benzene rings is 1. The lowest BCUT2D eigenvalue weighted by molar-refractivity contribution is -0.116. The third kappa shape index (κ3) is 6.33. The number of aliphatic hydroxyl groups excluding tert-OH is 1. The van der Waals surface area contributed by atoms with E-state index in [9.17, 15) is 14.7 Å². The minimum Gasteiger partial charge on any atom is -0.393 e. The van der Waals surface area contributed by atoms with Crippen LogP contribution in [0.3, 0.4) is 0 Å². The first-order chi connectivity index (χ1) is 18.2. The van der Waals surface area contributed by atoms with Crippen LogP contribution in [-0.2, 0) is 11.2 Å². The van der Waals surface area contributed by atoms with Crippen molar-refractivity contribution < 1.29 is 14.7 Å². The van der Waals surface area contributed by atoms with E-state index in [1.54, 1.807) is 11.9 Å². The molecule has 1 aromatic carbocycles. The quantitative estimate of drug-likeness (QED) is 0.410. The molecule has 0 bridgehead atoms. The van der Waals surface area contributed by atoms with Crippen molar-refractivity contribution in [3.8, 4) is 0 Å². The van der Waals surface area contributed by atoms with E-state index in [1.807, 2.05) is 25.1 Å². The van der Waals surface area contributed by atoms with E-state index in [1.165, 1.54) is 6.92 Å². The molecule has 1 saturated carbocycles. The van der Waals surface area contributed by atoms with Crippen molar-refractivity contribution in [1.29, 1.82) is 0 Å². The molecule has 0 atom stereocenters. The molecule has 5 N–H and O–H groups in total. The highest BCUT2D eigenvalue weighted by atomic mass is 16.3. The number of primary amides is 1. The zero-order valence-electron chi connectivity index (χ0n) is 22.8. The number of aromatic nitrogens is 2. The van der Waals surface area contributed by atoms with Gasteiger partial charge in [-0.2, -0.15) is 0 Å². The van der Waals surface area contributed by atoms with Crippen molar-refractivity contribution in [3.63, 3.8) is 0 Å². The van der Waals surface area contributed by atoms with Crippen LogP contribution in [0.4, 0.5) is 28.7 Å². The summed E-state index contributed by atoms with van der Waals surface area (Å²) < 4.78 is 0. The van der Waals surface area contributed by atoms with Crippen LogP contribution >= 0.6 is 0 Å². The number of aryl methyl sites for hydroxylation is 1. The van der Waals surface area contributed by atoms with Crippen LogP contribution in [0.5, 0.6) is 0 Å². The van der Waals surface area contributed by atoms with Gasteiger partial charge in [-0.05, 0) is 57.4 Å². The zero-order valence-corrected chi connectivity index (χ0v) is 22.8. The fraction of sp³-hybridized carbons (Fsp3) is 0.556. The van der Waals surface area contributed by atoms with Gasteiger partial charge < -0.3 is 36.2 Å². The fourth-order valence-electron chi connectivity index (χ4n) is 5.00. The van der Waals surface area contributed by atoms with Gasteiger partial charge in [0, 0.05) is 51.9 Å². The van der Waals surface area contributed by atoms with Crippen molar-refractivity contribution in [2.24, 2.45) is 5.73 Å². The third-order valence-corrected chi connectivity index (χ3v) is 7.49. The number of nitrogens with one attached hydrogen (secondary N) is 2. The molecule has 0 radical (unpaired) electrons. The molecule has 2 aliphatic rings. The monoisotopic (exact) mass is 524 g/mol. The lowest BCUT2D eigenvalue weighted by Gasteiger charge is -2.36. The number of aliphatic hydroxyl groups is 1. The Kier molecular flexibility index (Phi) is 8.68. The number of hydrogen-bond donors (Lipinski definition) is 4. The molecule has 0 spiro atoms. The molecule has 1 aromatic heterocycles. The Balaban J connectivity index is 1.67. The number of amides is 2. The second-order valence-electron chi connectivity index (χ2n) is 10.3.